The zero-order valence-corrected chi connectivity index (χ0v) is 11.4. The van der Waals surface area contributed by atoms with Gasteiger partial charge in [0.1, 0.15) is 11.9 Å². The molecule has 0 aromatic heterocycles. The van der Waals surface area contributed by atoms with E-state index in [-0.39, 0.29) is 5.56 Å². The Labute approximate surface area is 117 Å². The first-order valence-corrected chi connectivity index (χ1v) is 6.70. The van der Waals surface area contributed by atoms with E-state index < -0.39 is 17.2 Å². The molecule has 1 N–H and O–H groups in total. The molecule has 1 aliphatic rings. The number of carboxylic acid groups (broad SMARTS) is 1. The topological polar surface area (TPSA) is 64.3 Å². The molecule has 0 bridgehead atoms. The third-order valence-corrected chi connectivity index (χ3v) is 3.96. The summed E-state index contributed by atoms with van der Waals surface area (Å²) in [7, 11) is 0. The molecule has 0 radical (unpaired) electrons. The summed E-state index contributed by atoms with van der Waals surface area (Å²) in [6.45, 7) is 2.91. The molecule has 1 unspecified atom stereocenters. The Balaban J connectivity index is 2.29. The first kappa shape index (κ1) is 14.3. The van der Waals surface area contributed by atoms with Gasteiger partial charge in [-0.3, -0.25) is 4.79 Å². The van der Waals surface area contributed by atoms with E-state index in [2.05, 4.69) is 0 Å². The van der Waals surface area contributed by atoms with Crippen LogP contribution in [-0.4, -0.2) is 24.2 Å². The van der Waals surface area contributed by atoms with Gasteiger partial charge in [0, 0.05) is 13.1 Å². The van der Waals surface area contributed by atoms with Crippen molar-refractivity contribution in [2.75, 3.05) is 18.0 Å². The molecule has 0 spiro atoms. The van der Waals surface area contributed by atoms with Gasteiger partial charge in [-0.15, -0.1) is 0 Å². The van der Waals surface area contributed by atoms with Gasteiger partial charge in [0.2, 0.25) is 0 Å². The Morgan fingerprint density at radius 2 is 2.35 bits per heavy atom. The summed E-state index contributed by atoms with van der Waals surface area (Å²) in [5.41, 5.74) is 0.117. The number of hydrogen-bond acceptors (Lipinski definition) is 3. The second-order valence-corrected chi connectivity index (χ2v) is 5.28. The highest BCUT2D eigenvalue weighted by atomic mass is 19.1. The fourth-order valence-electron chi connectivity index (χ4n) is 2.92. The molecular weight excluding hydrogens is 259 g/mol. The first-order valence-electron chi connectivity index (χ1n) is 6.70. The summed E-state index contributed by atoms with van der Waals surface area (Å²) in [6.07, 6.45) is 1.97. The molecule has 5 heteroatoms. The van der Waals surface area contributed by atoms with Gasteiger partial charge in [-0.25, -0.2) is 4.39 Å². The lowest BCUT2D eigenvalue weighted by Gasteiger charge is -2.25. The van der Waals surface area contributed by atoms with Crippen LogP contribution in [0.25, 0.3) is 0 Å². The standard InChI is InChI=1S/C15H17FN2O2/c1-2-5-15(14(19)20)6-7-18(10-15)13-4-3-12(16)8-11(13)9-17/h3-4,8H,2,5-7,10H2,1H3,(H,19,20). The lowest BCUT2D eigenvalue weighted by atomic mass is 9.83. The van der Waals surface area contributed by atoms with Crippen molar-refractivity contribution in [2.24, 2.45) is 5.41 Å². The zero-order chi connectivity index (χ0) is 14.8. The van der Waals surface area contributed by atoms with Gasteiger partial charge < -0.3 is 10.0 Å². The van der Waals surface area contributed by atoms with Crippen LogP contribution in [0, 0.1) is 22.6 Å². The number of halogens is 1. The second kappa shape index (κ2) is 5.49. The van der Waals surface area contributed by atoms with Gasteiger partial charge >= 0.3 is 5.97 Å². The average molecular weight is 276 g/mol. The predicted molar refractivity (Wildman–Crippen MR) is 72.9 cm³/mol. The van der Waals surface area contributed by atoms with Crippen molar-refractivity contribution in [1.82, 2.24) is 0 Å². The maximum Gasteiger partial charge on any atom is 0.311 e. The highest BCUT2D eigenvalue weighted by Crippen LogP contribution is 2.38. The normalized spacial score (nSPS) is 21.8. The number of hydrogen-bond donors (Lipinski definition) is 1. The fourth-order valence-corrected chi connectivity index (χ4v) is 2.92. The van der Waals surface area contributed by atoms with Gasteiger partial charge in [-0.2, -0.15) is 5.26 Å². The summed E-state index contributed by atoms with van der Waals surface area (Å²) < 4.78 is 13.2. The monoisotopic (exact) mass is 276 g/mol. The maximum absolute atomic E-state index is 13.2. The van der Waals surface area contributed by atoms with E-state index in [1.807, 2.05) is 17.9 Å². The van der Waals surface area contributed by atoms with E-state index in [4.69, 9.17) is 5.26 Å². The molecule has 0 saturated carbocycles. The summed E-state index contributed by atoms with van der Waals surface area (Å²) in [5.74, 6) is -1.25. The number of nitriles is 1. The molecular formula is C15H17FN2O2. The van der Waals surface area contributed by atoms with Crippen LogP contribution in [0.15, 0.2) is 18.2 Å². The van der Waals surface area contributed by atoms with Crippen LogP contribution in [0.3, 0.4) is 0 Å². The number of carboxylic acids is 1. The van der Waals surface area contributed by atoms with Crippen LogP contribution in [-0.2, 0) is 4.79 Å². The van der Waals surface area contributed by atoms with Crippen LogP contribution >= 0.6 is 0 Å². The van der Waals surface area contributed by atoms with E-state index in [0.717, 1.165) is 6.42 Å². The van der Waals surface area contributed by atoms with Crippen LogP contribution in [0.5, 0.6) is 0 Å². The number of rotatable bonds is 4. The van der Waals surface area contributed by atoms with Crippen LogP contribution in [0.1, 0.15) is 31.7 Å². The van der Waals surface area contributed by atoms with Crippen LogP contribution in [0.2, 0.25) is 0 Å². The quantitative estimate of drug-likeness (QED) is 0.918. The van der Waals surface area contributed by atoms with Crippen molar-refractivity contribution in [3.63, 3.8) is 0 Å². The van der Waals surface area contributed by atoms with E-state index >= 15 is 0 Å². The van der Waals surface area contributed by atoms with Crippen LogP contribution in [0.4, 0.5) is 10.1 Å². The molecule has 1 heterocycles. The predicted octanol–water partition coefficient (Wildman–Crippen LogP) is 2.78. The van der Waals surface area contributed by atoms with Crippen molar-refractivity contribution in [3.8, 4) is 6.07 Å². The third-order valence-electron chi connectivity index (χ3n) is 3.96. The Morgan fingerprint density at radius 1 is 1.60 bits per heavy atom. The van der Waals surface area contributed by atoms with Gasteiger partial charge in [0.25, 0.3) is 0 Å². The third kappa shape index (κ3) is 2.46. The largest absolute Gasteiger partial charge is 0.481 e. The van der Waals surface area contributed by atoms with Crippen molar-refractivity contribution >= 4 is 11.7 Å². The van der Waals surface area contributed by atoms with Gasteiger partial charge in [-0.1, -0.05) is 13.3 Å². The van der Waals surface area contributed by atoms with Crippen molar-refractivity contribution in [3.05, 3.63) is 29.6 Å². The van der Waals surface area contributed by atoms with Gasteiger partial charge in [-0.05, 0) is 31.0 Å². The van der Waals surface area contributed by atoms with E-state index in [1.165, 1.54) is 12.1 Å². The second-order valence-electron chi connectivity index (χ2n) is 5.28. The molecule has 0 aliphatic carbocycles. The Hall–Kier alpha value is -2.09. The van der Waals surface area contributed by atoms with E-state index in [0.29, 0.717) is 31.6 Å². The molecule has 20 heavy (non-hydrogen) atoms. The minimum absolute atomic E-state index is 0.252. The average Bonchev–Trinajstić information content (AvgIpc) is 2.84. The van der Waals surface area contributed by atoms with Crippen LogP contribution < -0.4 is 4.90 Å². The van der Waals surface area contributed by atoms with E-state index in [1.54, 1.807) is 6.07 Å². The van der Waals surface area contributed by atoms with Crippen molar-refractivity contribution in [2.45, 2.75) is 26.2 Å². The molecule has 4 nitrogen and oxygen atoms in total. The van der Waals surface area contributed by atoms with Gasteiger partial charge in [0.05, 0.1) is 16.7 Å². The number of aliphatic carboxylic acids is 1. The molecule has 0 amide bonds. The number of carbonyl (C=O) groups is 1. The fraction of sp³-hybridized carbons (Fsp3) is 0.467. The molecule has 1 atom stereocenters. The number of anilines is 1. The summed E-state index contributed by atoms with van der Waals surface area (Å²) in [5, 5.41) is 18.6. The Bertz CT molecular complexity index is 567. The molecule has 2 rings (SSSR count). The summed E-state index contributed by atoms with van der Waals surface area (Å²) in [4.78, 5) is 13.4. The van der Waals surface area contributed by atoms with Crippen molar-refractivity contribution < 1.29 is 14.3 Å². The number of nitrogens with zero attached hydrogens (tertiary/aromatic N) is 2. The Morgan fingerprint density at radius 3 is 2.95 bits per heavy atom. The zero-order valence-electron chi connectivity index (χ0n) is 11.4. The minimum Gasteiger partial charge on any atom is -0.481 e. The molecule has 1 saturated heterocycles. The molecule has 1 fully saturated rings. The van der Waals surface area contributed by atoms with Gasteiger partial charge in [0.15, 0.2) is 0 Å². The summed E-state index contributed by atoms with van der Waals surface area (Å²) in [6, 6.07) is 6.02. The highest BCUT2D eigenvalue weighted by Gasteiger charge is 2.44. The smallest absolute Gasteiger partial charge is 0.311 e. The highest BCUT2D eigenvalue weighted by molar-refractivity contribution is 5.77. The lowest BCUT2D eigenvalue weighted by Crippen LogP contribution is -2.34. The maximum atomic E-state index is 13.2. The molecule has 1 aliphatic heterocycles. The molecule has 1 aromatic rings. The Kier molecular flexibility index (Phi) is 3.93. The van der Waals surface area contributed by atoms with E-state index in [9.17, 15) is 14.3 Å². The minimum atomic E-state index is -0.789. The molecule has 1 aromatic carbocycles. The lowest BCUT2D eigenvalue weighted by molar-refractivity contribution is -0.148. The first-order chi connectivity index (χ1) is 9.52. The number of benzene rings is 1. The molecule has 106 valence electrons. The van der Waals surface area contributed by atoms with Crippen molar-refractivity contribution in [1.29, 1.82) is 5.26 Å². The SMILES string of the molecule is CCCC1(C(=O)O)CCN(c2ccc(F)cc2C#N)C1. The summed E-state index contributed by atoms with van der Waals surface area (Å²) >= 11 is 0.